The van der Waals surface area contributed by atoms with E-state index >= 15 is 0 Å². The number of phenols is 1. The standard InChI is InChI=1S/C32H28N2O5/c1-34-29(18-33)27-17-25(37-30-6-4-3-5-26(27)30)10-8-21-7-9-24(35)16-28(21)32(36-2)31(38-39-32)22-12-19-11-20(14-22)15-23(31)13-19/h3-10,16-17,19-20,22-23,35H,11-15H2,2H3/b10-8+,29-27+. The first-order valence-electron chi connectivity index (χ1n) is 13.5. The summed E-state index contributed by atoms with van der Waals surface area (Å²) >= 11 is 0. The number of ether oxygens (including phenoxy) is 2. The van der Waals surface area contributed by atoms with Crippen LogP contribution in [0.3, 0.4) is 0 Å². The van der Waals surface area contributed by atoms with Gasteiger partial charge < -0.3 is 14.6 Å². The topological polar surface area (TPSA) is 85.3 Å². The molecule has 1 spiro atoms. The summed E-state index contributed by atoms with van der Waals surface area (Å²) in [4.78, 5) is 15.5. The molecule has 4 aliphatic carbocycles. The highest BCUT2D eigenvalue weighted by Gasteiger charge is 2.76. The zero-order valence-corrected chi connectivity index (χ0v) is 21.6. The van der Waals surface area contributed by atoms with Crippen molar-refractivity contribution in [3.63, 3.8) is 0 Å². The van der Waals surface area contributed by atoms with Gasteiger partial charge in [-0.3, -0.25) is 0 Å². The molecule has 2 heterocycles. The van der Waals surface area contributed by atoms with E-state index in [-0.39, 0.29) is 11.4 Å². The molecule has 6 aliphatic rings. The average Bonchev–Trinajstić information content (AvgIpc) is 2.93. The quantitative estimate of drug-likeness (QED) is 0.282. The Kier molecular flexibility index (Phi) is 5.47. The van der Waals surface area contributed by atoms with Gasteiger partial charge in [0.2, 0.25) is 0 Å². The molecular weight excluding hydrogens is 492 g/mol. The van der Waals surface area contributed by atoms with Crippen LogP contribution in [0.15, 0.2) is 66.1 Å². The fraction of sp³-hybridized carbons (Fsp3) is 0.375. The van der Waals surface area contributed by atoms with Crippen LogP contribution in [-0.2, 0) is 20.3 Å². The van der Waals surface area contributed by atoms with Crippen LogP contribution in [-0.4, -0.2) is 17.8 Å². The maximum Gasteiger partial charge on any atom is 0.269 e. The van der Waals surface area contributed by atoms with Gasteiger partial charge in [0.05, 0.1) is 12.6 Å². The number of hydrogen-bond acceptors (Lipinski definition) is 6. The van der Waals surface area contributed by atoms with Crippen molar-refractivity contribution >= 4 is 11.6 Å². The highest BCUT2D eigenvalue weighted by atomic mass is 17.3. The Hall–Kier alpha value is -3.88. The van der Waals surface area contributed by atoms with Crippen molar-refractivity contribution in [3.05, 3.63) is 94.2 Å². The van der Waals surface area contributed by atoms with Gasteiger partial charge in [-0.05, 0) is 91.7 Å². The molecule has 5 fully saturated rings. The Morgan fingerprint density at radius 1 is 1.08 bits per heavy atom. The lowest BCUT2D eigenvalue weighted by molar-refractivity contribution is -0.645. The molecule has 1 atom stereocenters. The van der Waals surface area contributed by atoms with Crippen LogP contribution in [0.2, 0.25) is 0 Å². The number of benzene rings is 2. The lowest BCUT2D eigenvalue weighted by Gasteiger charge is -2.68. The first-order chi connectivity index (χ1) is 19.0. The van der Waals surface area contributed by atoms with Gasteiger partial charge >= 0.3 is 0 Å². The van der Waals surface area contributed by atoms with Gasteiger partial charge in [-0.1, -0.05) is 30.3 Å². The number of fused-ring (bicyclic) bond motifs is 1. The molecule has 2 aromatic rings. The zero-order valence-electron chi connectivity index (χ0n) is 21.6. The van der Waals surface area contributed by atoms with Gasteiger partial charge in [0.25, 0.3) is 11.5 Å². The lowest BCUT2D eigenvalue weighted by atomic mass is 9.47. The molecule has 1 N–H and O–H groups in total. The minimum absolute atomic E-state index is 0.00385. The van der Waals surface area contributed by atoms with Gasteiger partial charge in [0.1, 0.15) is 17.3 Å². The SMILES string of the molecule is [C-]#[N+]/C(C#N)=C1C=C(/C=C/c2ccc(O)cc2C2(OC)OOC23C2CC4CC(C2)CC3C4)Oc2ccccc2\1. The monoisotopic (exact) mass is 520 g/mol. The first-order valence-corrected chi connectivity index (χ1v) is 13.5. The Labute approximate surface area is 227 Å². The Morgan fingerprint density at radius 2 is 1.82 bits per heavy atom. The Balaban J connectivity index is 1.29. The van der Waals surface area contributed by atoms with Crippen LogP contribution in [0.5, 0.6) is 11.5 Å². The number of para-hydroxylation sites is 1. The third kappa shape index (κ3) is 3.38. The summed E-state index contributed by atoms with van der Waals surface area (Å²) in [6, 6.07) is 14.5. The number of phenolic OH excluding ortho intramolecular Hbond substituents is 1. The average molecular weight is 521 g/mol. The molecule has 8 rings (SSSR count). The number of nitrogens with zero attached hydrogens (tertiary/aromatic N) is 2. The van der Waals surface area contributed by atoms with Crippen LogP contribution in [0.4, 0.5) is 0 Å². The van der Waals surface area contributed by atoms with E-state index in [0.717, 1.165) is 43.1 Å². The van der Waals surface area contributed by atoms with Crippen molar-refractivity contribution in [2.24, 2.45) is 23.7 Å². The van der Waals surface area contributed by atoms with Crippen LogP contribution in [0.1, 0.15) is 48.8 Å². The van der Waals surface area contributed by atoms with Crippen molar-refractivity contribution < 1.29 is 24.4 Å². The van der Waals surface area contributed by atoms with E-state index < -0.39 is 11.4 Å². The van der Waals surface area contributed by atoms with Crippen LogP contribution >= 0.6 is 0 Å². The summed E-state index contributed by atoms with van der Waals surface area (Å²) < 4.78 is 12.4. The molecule has 1 unspecified atom stereocenters. The number of hydrogen-bond donors (Lipinski definition) is 1. The molecule has 7 nitrogen and oxygen atoms in total. The van der Waals surface area contributed by atoms with E-state index in [1.165, 1.54) is 6.42 Å². The van der Waals surface area contributed by atoms with Crippen LogP contribution in [0.25, 0.3) is 16.5 Å². The molecule has 0 amide bonds. The molecular formula is C32H28N2O5. The van der Waals surface area contributed by atoms with Gasteiger partial charge in [-0.2, -0.15) is 4.89 Å². The van der Waals surface area contributed by atoms with Gasteiger partial charge in [0.15, 0.2) is 5.60 Å². The fourth-order valence-corrected chi connectivity index (χ4v) is 8.05. The molecule has 4 saturated carbocycles. The summed E-state index contributed by atoms with van der Waals surface area (Å²) in [5, 5.41) is 20.1. The first kappa shape index (κ1) is 24.2. The van der Waals surface area contributed by atoms with Gasteiger partial charge in [0, 0.05) is 23.8 Å². The minimum Gasteiger partial charge on any atom is -0.508 e. The molecule has 39 heavy (non-hydrogen) atoms. The molecule has 1 saturated heterocycles. The number of methoxy groups -OCH3 is 1. The summed E-state index contributed by atoms with van der Waals surface area (Å²) in [6.07, 6.45) is 11.2. The number of rotatable bonds is 4. The van der Waals surface area contributed by atoms with Gasteiger partial charge in [-0.15, -0.1) is 0 Å². The highest BCUT2D eigenvalue weighted by Crippen LogP contribution is 2.69. The maximum absolute atomic E-state index is 10.6. The number of allylic oxidation sites excluding steroid dienone is 4. The molecule has 0 radical (unpaired) electrons. The van der Waals surface area contributed by atoms with Crippen molar-refractivity contribution in [3.8, 4) is 17.6 Å². The minimum atomic E-state index is -1.13. The molecule has 2 aliphatic heterocycles. The second-order valence-electron chi connectivity index (χ2n) is 11.3. The summed E-state index contributed by atoms with van der Waals surface area (Å²) in [7, 11) is 1.65. The van der Waals surface area contributed by atoms with Crippen LogP contribution < -0.4 is 4.74 Å². The van der Waals surface area contributed by atoms with E-state index in [1.54, 1.807) is 31.4 Å². The molecule has 7 heteroatoms. The summed E-state index contributed by atoms with van der Waals surface area (Å²) in [6.45, 7) is 7.46. The van der Waals surface area contributed by atoms with E-state index in [4.69, 9.17) is 25.8 Å². The molecule has 4 bridgehead atoms. The molecule has 196 valence electrons. The van der Waals surface area contributed by atoms with Crippen molar-refractivity contribution in [1.82, 2.24) is 0 Å². The van der Waals surface area contributed by atoms with Crippen molar-refractivity contribution in [2.75, 3.05) is 7.11 Å². The lowest BCUT2D eigenvalue weighted by Crippen LogP contribution is -2.76. The number of nitriles is 1. The summed E-state index contributed by atoms with van der Waals surface area (Å²) in [5.74, 6) is 2.22. The predicted molar refractivity (Wildman–Crippen MR) is 142 cm³/mol. The third-order valence-corrected chi connectivity index (χ3v) is 9.43. The Morgan fingerprint density at radius 3 is 2.46 bits per heavy atom. The van der Waals surface area contributed by atoms with E-state index in [9.17, 15) is 10.4 Å². The predicted octanol–water partition coefficient (Wildman–Crippen LogP) is 6.49. The van der Waals surface area contributed by atoms with E-state index in [0.29, 0.717) is 40.0 Å². The molecule has 2 aromatic carbocycles. The second kappa shape index (κ2) is 8.83. The smallest absolute Gasteiger partial charge is 0.269 e. The summed E-state index contributed by atoms with van der Waals surface area (Å²) in [5.41, 5.74) is 2.16. The maximum atomic E-state index is 10.6. The van der Waals surface area contributed by atoms with E-state index in [2.05, 4.69) is 4.85 Å². The third-order valence-electron chi connectivity index (χ3n) is 9.43. The fourth-order valence-electron chi connectivity index (χ4n) is 8.05. The highest BCUT2D eigenvalue weighted by molar-refractivity contribution is 5.85. The van der Waals surface area contributed by atoms with Crippen molar-refractivity contribution in [2.45, 2.75) is 43.5 Å². The van der Waals surface area contributed by atoms with Crippen LogP contribution in [0, 0.1) is 41.6 Å². The molecule has 0 aromatic heterocycles. The normalized spacial score (nSPS) is 35.0. The second-order valence-corrected chi connectivity index (χ2v) is 11.3. The number of aromatic hydroxyl groups is 1. The Bertz CT molecular complexity index is 1490. The van der Waals surface area contributed by atoms with E-state index in [1.807, 2.05) is 42.5 Å². The van der Waals surface area contributed by atoms with Crippen molar-refractivity contribution in [1.29, 1.82) is 5.26 Å². The largest absolute Gasteiger partial charge is 0.508 e. The zero-order chi connectivity index (χ0) is 26.8. The van der Waals surface area contributed by atoms with Gasteiger partial charge in [-0.25, -0.2) is 15.0 Å².